The van der Waals surface area contributed by atoms with E-state index in [1.807, 2.05) is 12.1 Å². The Kier molecular flexibility index (Phi) is 2.63. The minimum absolute atomic E-state index is 0.0268. The van der Waals surface area contributed by atoms with Crippen LogP contribution in [0.4, 0.5) is 5.69 Å². The van der Waals surface area contributed by atoms with Crippen molar-refractivity contribution in [1.29, 1.82) is 0 Å². The van der Waals surface area contributed by atoms with Crippen molar-refractivity contribution in [1.82, 2.24) is 0 Å². The van der Waals surface area contributed by atoms with Gasteiger partial charge in [-0.1, -0.05) is 24.1 Å². The molecular formula is C18H17NO2. The van der Waals surface area contributed by atoms with Crippen molar-refractivity contribution in [3.63, 3.8) is 0 Å². The molecule has 0 bridgehead atoms. The van der Waals surface area contributed by atoms with E-state index in [2.05, 4.69) is 42.1 Å². The zero-order chi connectivity index (χ0) is 14.4. The Bertz CT molecular complexity index is 700. The van der Waals surface area contributed by atoms with Gasteiger partial charge in [0.1, 0.15) is 12.0 Å². The molecule has 21 heavy (non-hydrogen) atoms. The van der Waals surface area contributed by atoms with E-state index in [9.17, 15) is 0 Å². The summed E-state index contributed by atoms with van der Waals surface area (Å²) in [5.74, 6) is 3.70. The van der Waals surface area contributed by atoms with Crippen molar-refractivity contribution in [2.75, 3.05) is 18.6 Å². The van der Waals surface area contributed by atoms with Crippen LogP contribution in [0.25, 0.3) is 0 Å². The zero-order valence-electron chi connectivity index (χ0n) is 12.0. The summed E-state index contributed by atoms with van der Waals surface area (Å²) < 4.78 is 11.7. The molecule has 0 radical (unpaired) electrons. The van der Waals surface area contributed by atoms with Gasteiger partial charge in [0, 0.05) is 12.7 Å². The molecule has 3 nitrogen and oxygen atoms in total. The normalized spacial score (nSPS) is 28.0. The lowest BCUT2D eigenvalue weighted by Crippen LogP contribution is -2.43. The number of ether oxygens (including phenoxy) is 1. The molecule has 1 unspecified atom stereocenters. The second kappa shape index (κ2) is 4.41. The Morgan fingerprint density at radius 3 is 2.95 bits per heavy atom. The van der Waals surface area contributed by atoms with E-state index in [1.54, 1.807) is 6.26 Å². The summed E-state index contributed by atoms with van der Waals surface area (Å²) in [5, 5.41) is 0. The Morgan fingerprint density at radius 1 is 1.33 bits per heavy atom. The van der Waals surface area contributed by atoms with Gasteiger partial charge in [-0.15, -0.1) is 6.42 Å². The molecule has 1 saturated heterocycles. The summed E-state index contributed by atoms with van der Waals surface area (Å²) in [7, 11) is 2.08. The molecule has 0 saturated carbocycles. The van der Waals surface area contributed by atoms with Crippen LogP contribution in [-0.4, -0.2) is 19.9 Å². The number of para-hydroxylation sites is 1. The first kappa shape index (κ1) is 12.6. The summed E-state index contributed by atoms with van der Waals surface area (Å²) >= 11 is 0. The molecule has 0 spiro atoms. The second-order valence-electron chi connectivity index (χ2n) is 5.76. The fraction of sp³-hybridized carbons (Fsp3) is 0.333. The van der Waals surface area contributed by atoms with Gasteiger partial charge in [0.25, 0.3) is 0 Å². The third-order valence-corrected chi connectivity index (χ3v) is 4.88. The minimum atomic E-state index is -0.224. The highest BCUT2D eigenvalue weighted by atomic mass is 16.5. The molecule has 3 heterocycles. The summed E-state index contributed by atoms with van der Waals surface area (Å²) in [6.45, 7) is 0.724. The minimum Gasteiger partial charge on any atom is -0.468 e. The number of anilines is 1. The summed E-state index contributed by atoms with van der Waals surface area (Å²) in [4.78, 5) is 2.20. The maximum atomic E-state index is 6.04. The number of furan rings is 1. The maximum Gasteiger partial charge on any atom is 0.141 e. The molecule has 0 amide bonds. The van der Waals surface area contributed by atoms with Crippen LogP contribution in [0.3, 0.4) is 0 Å². The fourth-order valence-corrected chi connectivity index (χ4v) is 4.02. The van der Waals surface area contributed by atoms with Crippen LogP contribution in [-0.2, 0) is 10.2 Å². The summed E-state index contributed by atoms with van der Waals surface area (Å²) in [6.07, 6.45) is 8.48. The summed E-state index contributed by atoms with van der Waals surface area (Å²) in [5.41, 5.74) is 2.25. The largest absolute Gasteiger partial charge is 0.468 e. The van der Waals surface area contributed by atoms with E-state index in [4.69, 9.17) is 15.6 Å². The van der Waals surface area contributed by atoms with E-state index in [0.29, 0.717) is 0 Å². The molecule has 0 N–H and O–H groups in total. The van der Waals surface area contributed by atoms with Crippen LogP contribution in [0.5, 0.6) is 0 Å². The average Bonchev–Trinajstić information content (AvgIpc) is 3.21. The molecular weight excluding hydrogens is 262 g/mol. The van der Waals surface area contributed by atoms with Gasteiger partial charge in [0.15, 0.2) is 0 Å². The van der Waals surface area contributed by atoms with E-state index in [1.165, 1.54) is 11.3 Å². The van der Waals surface area contributed by atoms with E-state index < -0.39 is 0 Å². The number of terminal acetylenes is 1. The molecule has 4 rings (SSSR count). The van der Waals surface area contributed by atoms with Crippen molar-refractivity contribution in [3.05, 3.63) is 54.0 Å². The van der Waals surface area contributed by atoms with Crippen LogP contribution in [0.1, 0.15) is 23.7 Å². The third kappa shape index (κ3) is 1.48. The molecule has 1 fully saturated rings. The Balaban J connectivity index is 1.94. The summed E-state index contributed by atoms with van der Waals surface area (Å²) in [6, 6.07) is 12.3. The van der Waals surface area contributed by atoms with Gasteiger partial charge in [-0.25, -0.2) is 0 Å². The molecule has 2 aliphatic heterocycles. The van der Waals surface area contributed by atoms with Gasteiger partial charge in [-0.3, -0.25) is 0 Å². The van der Waals surface area contributed by atoms with Gasteiger partial charge >= 0.3 is 0 Å². The lowest BCUT2D eigenvalue weighted by molar-refractivity contribution is 0.0825. The molecule has 3 atom stereocenters. The van der Waals surface area contributed by atoms with E-state index in [-0.39, 0.29) is 17.6 Å². The molecule has 1 aromatic carbocycles. The number of benzene rings is 1. The molecule has 106 valence electrons. The van der Waals surface area contributed by atoms with Gasteiger partial charge in [-0.05, 0) is 30.2 Å². The van der Waals surface area contributed by atoms with Crippen LogP contribution in [0, 0.1) is 12.3 Å². The predicted molar refractivity (Wildman–Crippen MR) is 81.2 cm³/mol. The first-order valence-corrected chi connectivity index (χ1v) is 7.22. The monoisotopic (exact) mass is 279 g/mol. The standard InChI is InChI=1S/C18H17NO2/c1-3-13(16-9-6-11-20-16)18-10-12-21-17(18)19(2)15-8-5-4-7-14(15)18/h1,4-9,11,13,17H,10,12H2,2H3/t13?,17-,18+/m0/s1. The number of fused-ring (bicyclic) bond motifs is 3. The fourth-order valence-electron chi connectivity index (χ4n) is 4.02. The molecule has 2 aliphatic rings. The number of hydrogen-bond donors (Lipinski definition) is 0. The second-order valence-corrected chi connectivity index (χ2v) is 5.76. The highest BCUT2D eigenvalue weighted by Gasteiger charge is 2.58. The van der Waals surface area contributed by atoms with Crippen LogP contribution >= 0.6 is 0 Å². The third-order valence-electron chi connectivity index (χ3n) is 4.88. The number of nitrogens with zero attached hydrogens (tertiary/aromatic N) is 1. The van der Waals surface area contributed by atoms with Gasteiger partial charge in [-0.2, -0.15) is 0 Å². The van der Waals surface area contributed by atoms with Crippen molar-refractivity contribution in [3.8, 4) is 12.3 Å². The predicted octanol–water partition coefficient (Wildman–Crippen LogP) is 3.13. The molecule has 1 aromatic heterocycles. The lowest BCUT2D eigenvalue weighted by Gasteiger charge is -2.34. The van der Waals surface area contributed by atoms with Gasteiger partial charge in [0.2, 0.25) is 0 Å². The Labute approximate surface area is 124 Å². The van der Waals surface area contributed by atoms with Crippen molar-refractivity contribution < 1.29 is 9.15 Å². The Hall–Kier alpha value is -2.18. The number of likely N-dealkylation sites (N-methyl/N-ethyl adjacent to an activating group) is 1. The maximum absolute atomic E-state index is 6.04. The van der Waals surface area contributed by atoms with Crippen molar-refractivity contribution >= 4 is 5.69 Å². The number of rotatable bonds is 2. The molecule has 0 aliphatic carbocycles. The van der Waals surface area contributed by atoms with Crippen LogP contribution in [0.2, 0.25) is 0 Å². The van der Waals surface area contributed by atoms with Gasteiger partial charge < -0.3 is 14.1 Å². The van der Waals surface area contributed by atoms with Crippen molar-refractivity contribution in [2.45, 2.75) is 24.0 Å². The number of hydrogen-bond acceptors (Lipinski definition) is 3. The molecule has 3 heteroatoms. The van der Waals surface area contributed by atoms with E-state index >= 15 is 0 Å². The van der Waals surface area contributed by atoms with Crippen molar-refractivity contribution in [2.24, 2.45) is 0 Å². The molecule has 2 aromatic rings. The topological polar surface area (TPSA) is 25.6 Å². The first-order valence-electron chi connectivity index (χ1n) is 7.22. The smallest absolute Gasteiger partial charge is 0.141 e. The van der Waals surface area contributed by atoms with Crippen LogP contribution < -0.4 is 4.90 Å². The SMILES string of the molecule is C#CC(c1ccco1)[C@@]12CCO[C@@H]1N(C)c1ccccc12. The Morgan fingerprint density at radius 2 is 2.19 bits per heavy atom. The van der Waals surface area contributed by atoms with Crippen LogP contribution in [0.15, 0.2) is 47.1 Å². The average molecular weight is 279 g/mol. The highest BCUT2D eigenvalue weighted by molar-refractivity contribution is 5.65. The van der Waals surface area contributed by atoms with E-state index in [0.717, 1.165) is 18.8 Å². The zero-order valence-corrected chi connectivity index (χ0v) is 12.0. The highest BCUT2D eigenvalue weighted by Crippen LogP contribution is 2.57. The lowest BCUT2D eigenvalue weighted by atomic mass is 9.68. The quantitative estimate of drug-likeness (QED) is 0.790. The van der Waals surface area contributed by atoms with Gasteiger partial charge in [0.05, 0.1) is 24.2 Å². The first-order chi connectivity index (χ1) is 10.3.